The minimum atomic E-state index is 0.259. The van der Waals surface area contributed by atoms with Gasteiger partial charge < -0.3 is 4.90 Å². The third kappa shape index (κ3) is 1.50. The van der Waals surface area contributed by atoms with Crippen LogP contribution in [0.4, 0.5) is 5.69 Å². The summed E-state index contributed by atoms with van der Waals surface area (Å²) < 4.78 is 0. The average Bonchev–Trinajstić information content (AvgIpc) is 2.40. The lowest BCUT2D eigenvalue weighted by atomic mass is 9.81. The summed E-state index contributed by atoms with van der Waals surface area (Å²) in [5, 5.41) is 0.933. The molecule has 1 aliphatic heterocycles. The maximum absolute atomic E-state index is 3.51. The van der Waals surface area contributed by atoms with Crippen LogP contribution in [0.2, 0.25) is 0 Å². The van der Waals surface area contributed by atoms with Crippen LogP contribution in [0.5, 0.6) is 0 Å². The summed E-state index contributed by atoms with van der Waals surface area (Å²) in [6, 6.07) is 7.38. The van der Waals surface area contributed by atoms with Crippen LogP contribution in [0, 0.1) is 0 Å². The first kappa shape index (κ1) is 11.0. The van der Waals surface area contributed by atoms with Gasteiger partial charge in [0.15, 0.2) is 0 Å². The van der Waals surface area contributed by atoms with Gasteiger partial charge in [-0.25, -0.2) is 0 Å². The summed E-state index contributed by atoms with van der Waals surface area (Å²) in [5.41, 5.74) is 4.48. The lowest BCUT2D eigenvalue weighted by Gasteiger charge is -2.28. The molecule has 0 amide bonds. The van der Waals surface area contributed by atoms with Crippen molar-refractivity contribution in [3.8, 4) is 0 Å². The van der Waals surface area contributed by atoms with Gasteiger partial charge >= 0.3 is 0 Å². The minimum absolute atomic E-state index is 0.259. The number of fused-ring (bicyclic) bond motifs is 1. The fourth-order valence-corrected chi connectivity index (χ4v) is 2.76. The van der Waals surface area contributed by atoms with E-state index in [1.165, 1.54) is 16.8 Å². The minimum Gasteiger partial charge on any atom is -0.371 e. The van der Waals surface area contributed by atoms with E-state index in [2.05, 4.69) is 66.8 Å². The second-order valence-electron chi connectivity index (χ2n) is 4.99. The van der Waals surface area contributed by atoms with Gasteiger partial charge in [0.25, 0.3) is 0 Å². The summed E-state index contributed by atoms with van der Waals surface area (Å²) in [4.78, 5) is 2.39. The Morgan fingerprint density at radius 2 is 2.07 bits per heavy atom. The summed E-state index contributed by atoms with van der Waals surface area (Å²) in [6.45, 7) is 6.95. The SMILES string of the molecule is C[C@H]1N(C)c2cc(CBr)ccc2C1(C)C. The van der Waals surface area contributed by atoms with E-state index < -0.39 is 0 Å². The van der Waals surface area contributed by atoms with Crippen molar-refractivity contribution in [1.29, 1.82) is 0 Å². The van der Waals surface area contributed by atoms with E-state index in [4.69, 9.17) is 0 Å². The molecule has 2 heteroatoms. The van der Waals surface area contributed by atoms with Crippen molar-refractivity contribution >= 4 is 21.6 Å². The molecule has 0 saturated carbocycles. The van der Waals surface area contributed by atoms with E-state index >= 15 is 0 Å². The zero-order valence-corrected chi connectivity index (χ0v) is 11.4. The molecule has 1 aromatic rings. The highest BCUT2D eigenvalue weighted by Crippen LogP contribution is 2.44. The molecule has 1 nitrogen and oxygen atoms in total. The number of benzene rings is 1. The predicted octanol–water partition coefficient (Wildman–Crippen LogP) is 3.70. The summed E-state index contributed by atoms with van der Waals surface area (Å²) >= 11 is 3.51. The van der Waals surface area contributed by atoms with Gasteiger partial charge in [-0.15, -0.1) is 0 Å². The molecule has 1 heterocycles. The van der Waals surface area contributed by atoms with Crippen molar-refractivity contribution in [3.05, 3.63) is 29.3 Å². The molecule has 1 aromatic carbocycles. The van der Waals surface area contributed by atoms with Crippen molar-refractivity contribution in [2.75, 3.05) is 11.9 Å². The van der Waals surface area contributed by atoms with Crippen molar-refractivity contribution in [2.24, 2.45) is 0 Å². The van der Waals surface area contributed by atoms with E-state index in [0.717, 1.165) is 5.33 Å². The highest BCUT2D eigenvalue weighted by atomic mass is 79.9. The molecule has 15 heavy (non-hydrogen) atoms. The molecule has 82 valence electrons. The lowest BCUT2D eigenvalue weighted by Crippen LogP contribution is -2.36. The zero-order valence-electron chi connectivity index (χ0n) is 9.84. The molecule has 0 N–H and O–H groups in total. The first-order chi connectivity index (χ1) is 6.98. The van der Waals surface area contributed by atoms with Crippen LogP contribution in [0.25, 0.3) is 0 Å². The van der Waals surface area contributed by atoms with Crippen molar-refractivity contribution < 1.29 is 0 Å². The van der Waals surface area contributed by atoms with Crippen LogP contribution >= 0.6 is 15.9 Å². The Balaban J connectivity index is 2.56. The topological polar surface area (TPSA) is 3.24 Å². The second-order valence-corrected chi connectivity index (χ2v) is 5.55. The molecule has 2 rings (SSSR count). The van der Waals surface area contributed by atoms with Gasteiger partial charge in [-0.3, -0.25) is 0 Å². The van der Waals surface area contributed by atoms with Gasteiger partial charge in [0.1, 0.15) is 0 Å². The monoisotopic (exact) mass is 267 g/mol. The molecule has 1 aliphatic rings. The number of hydrogen-bond donors (Lipinski definition) is 0. The van der Waals surface area contributed by atoms with Crippen LogP contribution in [-0.4, -0.2) is 13.1 Å². The number of anilines is 1. The summed E-state index contributed by atoms with van der Waals surface area (Å²) in [7, 11) is 2.19. The molecule has 0 bridgehead atoms. The Labute approximate surface area is 101 Å². The number of alkyl halides is 1. The van der Waals surface area contributed by atoms with Gasteiger partial charge in [-0.1, -0.05) is 41.9 Å². The standard InChI is InChI=1S/C13H18BrN/c1-9-13(2,3)11-6-5-10(8-14)7-12(11)15(9)4/h5-7,9H,8H2,1-4H3/t9-/m1/s1. The molecule has 0 fully saturated rings. The Morgan fingerprint density at radius 3 is 2.67 bits per heavy atom. The number of halogens is 1. The normalized spacial score (nSPS) is 23.0. The third-order valence-electron chi connectivity index (χ3n) is 3.92. The summed E-state index contributed by atoms with van der Waals surface area (Å²) in [5.74, 6) is 0. The smallest absolute Gasteiger partial charge is 0.0408 e. The second kappa shape index (κ2) is 3.51. The largest absolute Gasteiger partial charge is 0.371 e. The van der Waals surface area contributed by atoms with Crippen LogP contribution < -0.4 is 4.90 Å². The first-order valence-corrected chi connectivity index (χ1v) is 6.53. The fourth-order valence-electron chi connectivity index (χ4n) is 2.41. The molecule has 0 saturated heterocycles. The maximum Gasteiger partial charge on any atom is 0.0408 e. The van der Waals surface area contributed by atoms with E-state index in [1.54, 1.807) is 0 Å². The Morgan fingerprint density at radius 1 is 1.40 bits per heavy atom. The van der Waals surface area contributed by atoms with Crippen LogP contribution in [0.3, 0.4) is 0 Å². The number of hydrogen-bond acceptors (Lipinski definition) is 1. The van der Waals surface area contributed by atoms with Crippen LogP contribution in [0.1, 0.15) is 31.9 Å². The maximum atomic E-state index is 3.51. The van der Waals surface area contributed by atoms with Crippen molar-refractivity contribution in [2.45, 2.75) is 37.6 Å². The highest BCUT2D eigenvalue weighted by molar-refractivity contribution is 9.08. The first-order valence-electron chi connectivity index (χ1n) is 5.40. The third-order valence-corrected chi connectivity index (χ3v) is 4.56. The Hall–Kier alpha value is -0.500. The molecular weight excluding hydrogens is 250 g/mol. The van der Waals surface area contributed by atoms with E-state index in [9.17, 15) is 0 Å². The quantitative estimate of drug-likeness (QED) is 0.702. The Bertz CT molecular complexity index is 384. The average molecular weight is 268 g/mol. The van der Waals surface area contributed by atoms with E-state index in [0.29, 0.717) is 6.04 Å². The van der Waals surface area contributed by atoms with Gasteiger partial charge in [0, 0.05) is 29.5 Å². The number of rotatable bonds is 1. The molecular formula is C13H18BrN. The zero-order chi connectivity index (χ0) is 11.2. The number of nitrogens with zero attached hydrogens (tertiary/aromatic N) is 1. The highest BCUT2D eigenvalue weighted by Gasteiger charge is 2.39. The van der Waals surface area contributed by atoms with Gasteiger partial charge in [0.05, 0.1) is 0 Å². The van der Waals surface area contributed by atoms with Crippen LogP contribution in [0.15, 0.2) is 18.2 Å². The molecule has 1 atom stereocenters. The number of likely N-dealkylation sites (N-methyl/N-ethyl adjacent to an activating group) is 1. The molecule has 0 aromatic heterocycles. The molecule has 0 radical (unpaired) electrons. The van der Waals surface area contributed by atoms with Crippen molar-refractivity contribution in [1.82, 2.24) is 0 Å². The lowest BCUT2D eigenvalue weighted by molar-refractivity contribution is 0.454. The molecule has 0 aliphatic carbocycles. The van der Waals surface area contributed by atoms with Gasteiger partial charge in [-0.05, 0) is 24.1 Å². The van der Waals surface area contributed by atoms with Crippen molar-refractivity contribution in [3.63, 3.8) is 0 Å². The van der Waals surface area contributed by atoms with Gasteiger partial charge in [-0.2, -0.15) is 0 Å². The predicted molar refractivity (Wildman–Crippen MR) is 70.0 cm³/mol. The fraction of sp³-hybridized carbons (Fsp3) is 0.538. The van der Waals surface area contributed by atoms with Gasteiger partial charge in [0.2, 0.25) is 0 Å². The van der Waals surface area contributed by atoms with E-state index in [1.807, 2.05) is 0 Å². The van der Waals surface area contributed by atoms with Crippen LogP contribution in [-0.2, 0) is 10.7 Å². The summed E-state index contributed by atoms with van der Waals surface area (Å²) in [6.07, 6.45) is 0. The molecule has 0 unspecified atom stereocenters. The van der Waals surface area contributed by atoms with E-state index in [-0.39, 0.29) is 5.41 Å². The Kier molecular flexibility index (Phi) is 2.58. The molecule has 0 spiro atoms.